The molecule has 0 saturated heterocycles. The fourth-order valence-electron chi connectivity index (χ4n) is 5.89. The van der Waals surface area contributed by atoms with Crippen LogP contribution in [0.15, 0.2) is 162 Å². The number of ether oxygens (including phenoxy) is 2. The van der Waals surface area contributed by atoms with Gasteiger partial charge in [0.1, 0.15) is 58.0 Å². The molecule has 0 amide bonds. The van der Waals surface area contributed by atoms with Crippen molar-refractivity contribution < 1.29 is 99.4 Å². The van der Waals surface area contributed by atoms with Gasteiger partial charge < -0.3 is 34.3 Å². The van der Waals surface area contributed by atoms with Crippen molar-refractivity contribution in [3.8, 4) is 41.0 Å². The summed E-state index contributed by atoms with van der Waals surface area (Å²) in [6.45, 7) is 9.72. The van der Waals surface area contributed by atoms with Crippen molar-refractivity contribution in [2.24, 2.45) is 0 Å². The molecule has 0 aliphatic heterocycles. The Morgan fingerprint density at radius 1 is 0.646 bits per heavy atom. The molecule has 4 N–H and O–H groups in total. The zero-order chi connectivity index (χ0) is 61.1. The predicted octanol–water partition coefficient (Wildman–Crippen LogP) is 13.3. The first kappa shape index (κ1) is 74.8. The number of carboxylic acids is 2. The molecule has 2 unspecified atom stereocenters. The minimum atomic E-state index is -5.28. The molecule has 0 saturated carbocycles. The van der Waals surface area contributed by atoms with Crippen LogP contribution < -0.4 is 30.9 Å². The maximum atomic E-state index is 13.6. The molecule has 0 bridgehead atoms. The van der Waals surface area contributed by atoms with E-state index >= 15 is 0 Å². The molecule has 14 nitrogen and oxygen atoms in total. The topological polar surface area (TPSA) is 248 Å². The Morgan fingerprint density at radius 2 is 1.01 bits per heavy atom. The third-order valence-corrected chi connectivity index (χ3v) is 14.4. The average molecular weight is 1350 g/mol. The molecule has 0 heterocycles. The van der Waals surface area contributed by atoms with E-state index in [-0.39, 0.29) is 24.9 Å². The number of aryl methyl sites for hydroxylation is 1. The number of carbonyl (C=O) groups is 2. The third kappa shape index (κ3) is 29.0. The van der Waals surface area contributed by atoms with E-state index in [4.69, 9.17) is 55.1 Å². The maximum Gasteiger partial charge on any atom is 0.714 e. The number of nitrogens with zero attached hydrogens (tertiary/aromatic N) is 3. The number of rotatable bonds is 13. The molecule has 0 aliphatic rings. The fraction of sp³-hybridized carbons (Fsp3) is 0.161. The van der Waals surface area contributed by atoms with Crippen molar-refractivity contribution in [3.05, 3.63) is 202 Å². The average Bonchev–Trinajstić information content (AvgIpc) is 3.61. The molecule has 0 aromatic heterocycles. The van der Waals surface area contributed by atoms with E-state index < -0.39 is 76.5 Å². The van der Waals surface area contributed by atoms with Gasteiger partial charge in [0.05, 0.1) is 17.4 Å². The molecule has 2 atom stereocenters. The summed E-state index contributed by atoms with van der Waals surface area (Å²) in [5.74, 6) is -3.60. The van der Waals surface area contributed by atoms with E-state index in [0.717, 1.165) is 56.7 Å². The number of nitriles is 3. The quantitative estimate of drug-likeness (QED) is 0.0363. The minimum absolute atomic E-state index is 0. The van der Waals surface area contributed by atoms with Gasteiger partial charge in [-0.15, -0.1) is 9.46 Å². The monoisotopic (exact) mass is 1350 g/mol. The van der Waals surface area contributed by atoms with Crippen LogP contribution in [0, 0.1) is 64.4 Å². The van der Waals surface area contributed by atoms with Gasteiger partial charge in [-0.25, -0.2) is 17.6 Å². The molecular weight excluding hydrogens is 1290 g/mol. The van der Waals surface area contributed by atoms with Crippen LogP contribution in [0.2, 0.25) is 0 Å². The van der Waals surface area contributed by atoms with Crippen LogP contribution in [0.1, 0.15) is 57.2 Å². The van der Waals surface area contributed by atoms with Crippen molar-refractivity contribution in [3.63, 3.8) is 0 Å². The number of halogens is 7. The van der Waals surface area contributed by atoms with Crippen molar-refractivity contribution in [2.45, 2.75) is 47.5 Å². The molecule has 7 aromatic carbocycles. The van der Waals surface area contributed by atoms with E-state index in [1.165, 1.54) is 33.6 Å². The van der Waals surface area contributed by atoms with Gasteiger partial charge >= 0.3 is 22.3 Å². The molecule has 82 heavy (non-hydrogen) atoms. The predicted molar refractivity (Wildman–Crippen MR) is 304 cm³/mol. The molecule has 0 spiro atoms. The van der Waals surface area contributed by atoms with Gasteiger partial charge in [0.2, 0.25) is 0 Å². The first-order valence-corrected chi connectivity index (χ1v) is 29.0. The molecule has 7 rings (SSSR count). The van der Waals surface area contributed by atoms with E-state index in [2.05, 4.69) is 112 Å². The van der Waals surface area contributed by atoms with E-state index in [1.807, 2.05) is 13.8 Å². The Morgan fingerprint density at radius 3 is 1.34 bits per heavy atom. The fourth-order valence-corrected chi connectivity index (χ4v) is 9.22. The van der Waals surface area contributed by atoms with Crippen molar-refractivity contribution in [1.82, 2.24) is 0 Å². The Bertz CT molecular complexity index is 3170. The normalized spacial score (nSPS) is 10.4. The van der Waals surface area contributed by atoms with Gasteiger partial charge in [0, 0.05) is 38.7 Å². The minimum Gasteiger partial charge on any atom is -0.494 e. The van der Waals surface area contributed by atoms with Gasteiger partial charge in [-0.05, 0) is 119 Å². The van der Waals surface area contributed by atoms with Crippen LogP contribution in [-0.2, 0) is 43.7 Å². The summed E-state index contributed by atoms with van der Waals surface area (Å²) in [5, 5.41) is 61.0. The second kappa shape index (κ2) is 40.9. The molecular formula is C56H53BBrF6N3O11P3Pd+. The van der Waals surface area contributed by atoms with Crippen LogP contribution in [0.5, 0.6) is 11.5 Å². The summed E-state index contributed by atoms with van der Waals surface area (Å²) < 4.78 is 109. The SMILES string of the molecule is CC(=O)O.CC(=O)O.CCCOc1ccc(-c2cc(F)c(C#N)c(F)c2)cc1.CCCOc1ccc(B(O)O)cc1.Cc1ccccc1P(c1ccccc1)c1ccccc1.N#COP(=O)(F)[P+](=O)F.N#Cc1c(F)cc(Br)cc1F.[Pd]. The summed E-state index contributed by atoms with van der Waals surface area (Å²) in [7, 11) is -11.2. The second-order valence-corrected chi connectivity index (χ2v) is 22.7. The first-order chi connectivity index (χ1) is 38.4. The molecule has 0 radical (unpaired) electrons. The Balaban J connectivity index is 0.000000991. The number of aliphatic carboxylic acids is 2. The molecule has 7 aromatic rings. The van der Waals surface area contributed by atoms with Crippen LogP contribution in [-0.4, -0.2) is 52.5 Å². The Labute approximate surface area is 495 Å². The van der Waals surface area contributed by atoms with Crippen molar-refractivity contribution in [2.75, 3.05) is 13.2 Å². The zero-order valence-corrected chi connectivity index (χ0v) is 50.0. The molecule has 0 fully saturated rings. The van der Waals surface area contributed by atoms with E-state index in [9.17, 15) is 35.1 Å². The molecule has 0 aliphatic carbocycles. The van der Waals surface area contributed by atoms with E-state index in [0.29, 0.717) is 41.8 Å². The zero-order valence-electron chi connectivity index (χ0n) is 44.2. The number of carboxylic acid groups (broad SMARTS) is 2. The Kier molecular flexibility index (Phi) is 37.3. The van der Waals surface area contributed by atoms with E-state index in [1.54, 1.807) is 48.5 Å². The number of hydrogen-bond donors (Lipinski definition) is 4. The van der Waals surface area contributed by atoms with Gasteiger partial charge in [-0.1, -0.05) is 139 Å². The summed E-state index contributed by atoms with van der Waals surface area (Å²) in [6, 6.07) is 51.4. The standard InChI is InChI=1S/C19H17P.C16H13F2NO.C9H13BO3.C7H2BrF2N.2C2H4O2.CF2NO3P2.Pd/c1-16-10-8-9-15-19(16)20(17-11-4-2-5-12-17)18-13-6-3-7-14-18;1-2-7-20-13-5-3-11(4-6-13)12-8-15(17)14(10-19)16(18)9-12;1-2-7-13-9-5-3-8(4-6-9)10(11)12;8-4-1-6(9)5(3-11)7(10)2-4;2*1-2(3)4;2-8(5)9(3,6)7-1-4;/h2-15H,1H3;3-6,8-9H,2,7H2,1H3;3-6,11-12H,2,7H2,1H3;1-2H;2*1H3,(H,3,4);;/q;;;;;;+1;. The maximum absolute atomic E-state index is 13.6. The van der Waals surface area contributed by atoms with Crippen LogP contribution >= 0.6 is 39.0 Å². The largest absolute Gasteiger partial charge is 0.714 e. The summed E-state index contributed by atoms with van der Waals surface area (Å²) in [4.78, 5) is 18.0. The van der Waals surface area contributed by atoms with Gasteiger partial charge in [-0.3, -0.25) is 9.59 Å². The van der Waals surface area contributed by atoms with Crippen LogP contribution in [0.25, 0.3) is 11.1 Å². The van der Waals surface area contributed by atoms with Crippen molar-refractivity contribution in [1.29, 1.82) is 15.8 Å². The van der Waals surface area contributed by atoms with Gasteiger partial charge in [0.25, 0.3) is 18.2 Å². The van der Waals surface area contributed by atoms with Crippen LogP contribution in [0.3, 0.4) is 0 Å². The summed E-state index contributed by atoms with van der Waals surface area (Å²) in [6.07, 6.45) is 2.50. The second-order valence-electron chi connectivity index (χ2n) is 15.6. The number of hydrogen-bond acceptors (Lipinski definition) is 12. The van der Waals surface area contributed by atoms with Crippen LogP contribution in [0.4, 0.5) is 26.0 Å². The summed E-state index contributed by atoms with van der Waals surface area (Å²) >= 11 is 2.89. The summed E-state index contributed by atoms with van der Waals surface area (Å²) in [5.41, 5.74) is 1.79. The third-order valence-electron chi connectivity index (χ3n) is 9.31. The Hall–Kier alpha value is -7.18. The number of benzene rings is 7. The smallest absolute Gasteiger partial charge is 0.494 e. The molecule has 26 heteroatoms. The molecule has 434 valence electrons. The van der Waals surface area contributed by atoms with Crippen molar-refractivity contribution >= 4 is 79.5 Å². The van der Waals surface area contributed by atoms with Gasteiger partial charge in [-0.2, -0.15) is 15.1 Å². The van der Waals surface area contributed by atoms with Gasteiger partial charge in [0.15, 0.2) is 0 Å². The first-order valence-electron chi connectivity index (χ1n) is 23.5.